The number of carbonyl (C=O) groups excluding carboxylic acids is 2. The van der Waals surface area contributed by atoms with Crippen molar-refractivity contribution in [1.29, 1.82) is 0 Å². The Labute approximate surface area is 263 Å². The van der Waals surface area contributed by atoms with E-state index in [0.717, 1.165) is 61.0 Å². The SMILES string of the molecule is CCOC(=O)c1[nH]c(Cc2[nH]c(Cc3[nH]c(C(=O)OCC)c4c3C3C=CC4CC3)c3c2C2C=CC3CC2)c2c1C1C=CC2CC1. The van der Waals surface area contributed by atoms with Crippen molar-refractivity contribution in [2.75, 3.05) is 13.2 Å². The molecule has 12 rings (SSSR count). The minimum Gasteiger partial charge on any atom is -0.461 e. The second-order valence-electron chi connectivity index (χ2n) is 13.8. The molecule has 9 aliphatic carbocycles. The monoisotopic (exact) mass is 603 g/mol. The van der Waals surface area contributed by atoms with Crippen LogP contribution in [0, 0.1) is 0 Å². The van der Waals surface area contributed by atoms with Gasteiger partial charge in [-0.15, -0.1) is 0 Å². The zero-order valence-corrected chi connectivity index (χ0v) is 26.1. The second-order valence-corrected chi connectivity index (χ2v) is 13.8. The average Bonchev–Trinajstić information content (AvgIpc) is 3.79. The summed E-state index contributed by atoms with van der Waals surface area (Å²) in [6, 6.07) is 0. The fourth-order valence-corrected chi connectivity index (χ4v) is 9.81. The lowest BCUT2D eigenvalue weighted by Crippen LogP contribution is -2.20. The molecule has 3 N–H and O–H groups in total. The summed E-state index contributed by atoms with van der Waals surface area (Å²) >= 11 is 0. The molecule has 9 aliphatic rings. The second kappa shape index (κ2) is 10.3. The number of esters is 2. The predicted octanol–water partition coefficient (Wildman–Crippen LogP) is 7.80. The van der Waals surface area contributed by atoms with Crippen molar-refractivity contribution >= 4 is 11.9 Å². The Morgan fingerprint density at radius 2 is 0.800 bits per heavy atom. The Morgan fingerprint density at radius 1 is 0.511 bits per heavy atom. The number of nitrogens with one attached hydrogen (secondary N) is 3. The summed E-state index contributed by atoms with van der Waals surface area (Å²) in [5.74, 6) is 1.57. The smallest absolute Gasteiger partial charge is 0.355 e. The normalized spacial score (nSPS) is 27.5. The third kappa shape index (κ3) is 4.01. The molecule has 232 valence electrons. The third-order valence-corrected chi connectivity index (χ3v) is 11.5. The molecule has 7 nitrogen and oxygen atoms in total. The summed E-state index contributed by atoms with van der Waals surface area (Å²) < 4.78 is 11.0. The van der Waals surface area contributed by atoms with E-state index in [0.29, 0.717) is 48.3 Å². The summed E-state index contributed by atoms with van der Waals surface area (Å²) in [7, 11) is 0. The van der Waals surface area contributed by atoms with E-state index in [2.05, 4.69) is 51.4 Å². The van der Waals surface area contributed by atoms with E-state index in [-0.39, 0.29) is 23.8 Å². The van der Waals surface area contributed by atoms with Crippen LogP contribution in [0.1, 0.15) is 165 Å². The van der Waals surface area contributed by atoms with Gasteiger partial charge < -0.3 is 24.4 Å². The molecule has 0 amide bonds. The van der Waals surface area contributed by atoms with Gasteiger partial charge in [0.05, 0.1) is 13.2 Å². The van der Waals surface area contributed by atoms with Crippen LogP contribution in [0.4, 0.5) is 0 Å². The van der Waals surface area contributed by atoms with Crippen LogP contribution >= 0.6 is 0 Å². The molecule has 3 aromatic rings. The summed E-state index contributed by atoms with van der Waals surface area (Å²) in [5.41, 5.74) is 14.0. The molecule has 0 spiro atoms. The van der Waals surface area contributed by atoms with E-state index in [9.17, 15) is 9.59 Å². The summed E-state index contributed by atoms with van der Waals surface area (Å²) in [5, 5.41) is 0. The molecule has 0 saturated carbocycles. The number of fused-ring (bicyclic) bond motifs is 3. The van der Waals surface area contributed by atoms with E-state index >= 15 is 0 Å². The van der Waals surface area contributed by atoms with E-state index in [4.69, 9.17) is 9.47 Å². The minimum absolute atomic E-state index is 0.241. The number of allylic oxidation sites excluding steroid dienone is 6. The number of aromatic amines is 3. The van der Waals surface area contributed by atoms with Crippen LogP contribution in [-0.2, 0) is 22.3 Å². The predicted molar refractivity (Wildman–Crippen MR) is 171 cm³/mol. The molecule has 6 unspecified atom stereocenters. The number of rotatable bonds is 8. The Hall–Kier alpha value is -4.00. The highest BCUT2D eigenvalue weighted by molar-refractivity contribution is 5.91. The van der Waals surface area contributed by atoms with Crippen LogP contribution in [0.15, 0.2) is 36.5 Å². The Morgan fingerprint density at radius 3 is 1.11 bits per heavy atom. The van der Waals surface area contributed by atoms with Crippen molar-refractivity contribution in [3.8, 4) is 0 Å². The van der Waals surface area contributed by atoms with Gasteiger partial charge in [-0.25, -0.2) is 9.59 Å². The van der Waals surface area contributed by atoms with Gasteiger partial charge in [0, 0.05) is 71.1 Å². The van der Waals surface area contributed by atoms with Gasteiger partial charge in [-0.1, -0.05) is 36.5 Å². The Kier molecular flexibility index (Phi) is 6.23. The van der Waals surface area contributed by atoms with Gasteiger partial charge in [0.25, 0.3) is 0 Å². The molecule has 3 aromatic heterocycles. The van der Waals surface area contributed by atoms with E-state index in [1.165, 1.54) is 46.5 Å². The van der Waals surface area contributed by atoms with E-state index < -0.39 is 0 Å². The lowest BCUT2D eigenvalue weighted by molar-refractivity contribution is 0.0508. The molecule has 0 fully saturated rings. The number of hydrogen-bond donors (Lipinski definition) is 3. The van der Waals surface area contributed by atoms with Gasteiger partial charge in [0.2, 0.25) is 0 Å². The van der Waals surface area contributed by atoms with Crippen LogP contribution < -0.4 is 0 Å². The number of ether oxygens (including phenoxy) is 2. The van der Waals surface area contributed by atoms with Crippen molar-refractivity contribution < 1.29 is 19.1 Å². The zero-order chi connectivity index (χ0) is 30.4. The van der Waals surface area contributed by atoms with E-state index in [1.807, 2.05) is 13.8 Å². The fraction of sp³-hybridized carbons (Fsp3) is 0.474. The highest BCUT2D eigenvalue weighted by Crippen LogP contribution is 2.53. The van der Waals surface area contributed by atoms with Crippen molar-refractivity contribution in [2.24, 2.45) is 0 Å². The van der Waals surface area contributed by atoms with Crippen molar-refractivity contribution in [3.05, 3.63) is 104 Å². The van der Waals surface area contributed by atoms with Crippen LogP contribution in [0.5, 0.6) is 0 Å². The largest absolute Gasteiger partial charge is 0.461 e. The van der Waals surface area contributed by atoms with E-state index in [1.54, 1.807) is 0 Å². The maximum atomic E-state index is 13.1. The first-order valence-corrected chi connectivity index (χ1v) is 17.2. The summed E-state index contributed by atoms with van der Waals surface area (Å²) in [6.07, 6.45) is 22.3. The lowest BCUT2D eigenvalue weighted by atomic mass is 9.70. The Bertz CT molecular complexity index is 1700. The first kappa shape index (κ1) is 27.3. The van der Waals surface area contributed by atoms with Crippen LogP contribution in [0.25, 0.3) is 0 Å². The Balaban J connectivity index is 1.14. The highest BCUT2D eigenvalue weighted by Gasteiger charge is 2.41. The molecule has 3 heterocycles. The molecule has 0 radical (unpaired) electrons. The van der Waals surface area contributed by atoms with Gasteiger partial charge in [0.15, 0.2) is 0 Å². The van der Waals surface area contributed by atoms with Gasteiger partial charge in [-0.3, -0.25) is 0 Å². The molecule has 7 heteroatoms. The number of carbonyl (C=O) groups is 2. The molecule has 45 heavy (non-hydrogen) atoms. The number of hydrogen-bond acceptors (Lipinski definition) is 4. The first-order valence-electron chi connectivity index (χ1n) is 17.2. The van der Waals surface area contributed by atoms with Crippen LogP contribution in [0.3, 0.4) is 0 Å². The molecular formula is C38H41N3O4. The molecule has 6 bridgehead atoms. The minimum atomic E-state index is -0.241. The maximum absolute atomic E-state index is 13.1. The first-order chi connectivity index (χ1) is 22.0. The molecule has 0 aromatic carbocycles. The summed E-state index contributed by atoms with van der Waals surface area (Å²) in [6.45, 7) is 4.47. The molecular weight excluding hydrogens is 562 g/mol. The average molecular weight is 604 g/mol. The highest BCUT2D eigenvalue weighted by atomic mass is 16.5. The number of H-pyrrole nitrogens is 3. The fourth-order valence-electron chi connectivity index (χ4n) is 9.81. The van der Waals surface area contributed by atoms with Crippen LogP contribution in [-0.4, -0.2) is 40.1 Å². The van der Waals surface area contributed by atoms with Gasteiger partial charge in [0.1, 0.15) is 11.4 Å². The standard InChI is InChI=1S/C38H41N3O4/c1-3-44-37(42)35-33-23-13-9-21(10-14-23)31(33)27(40-35)17-25-29-19-5-7-20(8-6-19)30(29)26(39-25)18-28-32-22-11-15-24(16-12-22)34(32)36(41-28)38(43)45-4-2/h5,7,9,11,13,15,19-24,39-41H,3-4,6,8,10,12,14,16-18H2,1-2H3. The molecule has 0 saturated heterocycles. The van der Waals surface area contributed by atoms with Crippen LogP contribution in [0.2, 0.25) is 0 Å². The van der Waals surface area contributed by atoms with Gasteiger partial charge in [-0.2, -0.15) is 0 Å². The quantitative estimate of drug-likeness (QED) is 0.181. The molecule has 6 atom stereocenters. The summed E-state index contributed by atoms with van der Waals surface area (Å²) in [4.78, 5) is 37.4. The van der Waals surface area contributed by atoms with Crippen molar-refractivity contribution in [2.45, 2.75) is 101 Å². The maximum Gasteiger partial charge on any atom is 0.355 e. The number of aromatic nitrogens is 3. The van der Waals surface area contributed by atoms with Gasteiger partial charge in [-0.05, 0) is 85.8 Å². The molecule has 0 aliphatic heterocycles. The van der Waals surface area contributed by atoms with Gasteiger partial charge >= 0.3 is 11.9 Å². The van der Waals surface area contributed by atoms with Crippen molar-refractivity contribution in [3.63, 3.8) is 0 Å². The topological polar surface area (TPSA) is 100.0 Å². The third-order valence-electron chi connectivity index (χ3n) is 11.5. The lowest BCUT2D eigenvalue weighted by Gasteiger charge is -2.33. The van der Waals surface area contributed by atoms with Crippen molar-refractivity contribution in [1.82, 2.24) is 15.0 Å². The zero-order valence-electron chi connectivity index (χ0n) is 26.1.